The van der Waals surface area contributed by atoms with Gasteiger partial charge in [-0.3, -0.25) is 0 Å². The van der Waals surface area contributed by atoms with Gasteiger partial charge in [-0.15, -0.1) is 0 Å². The fourth-order valence-electron chi connectivity index (χ4n) is 0.923. The van der Waals surface area contributed by atoms with E-state index in [4.69, 9.17) is 17.4 Å². The van der Waals surface area contributed by atoms with E-state index in [1.807, 2.05) is 0 Å². The van der Waals surface area contributed by atoms with Crippen LogP contribution in [0.25, 0.3) is 11.0 Å². The zero-order valence-electron chi connectivity index (χ0n) is 5.48. The molecule has 0 saturated heterocycles. The number of aromatic nitrogens is 3. The van der Waals surface area contributed by atoms with Crippen molar-refractivity contribution >= 4 is 23.3 Å². The van der Waals surface area contributed by atoms with Crippen LogP contribution < -0.4 is 0 Å². The number of aromatic amines is 1. The number of hydrogen-bond donors (Lipinski definition) is 2. The standard InChI is InChI=1S/C6H5N3OS/c10-9-2-1-4-5(6(9)11)8-3-7-4/h1-3,10H,(H,7,8). The third-order valence-corrected chi connectivity index (χ3v) is 1.84. The molecule has 2 aromatic heterocycles. The highest BCUT2D eigenvalue weighted by molar-refractivity contribution is 7.71. The Labute approximate surface area is 67.1 Å². The van der Waals surface area contributed by atoms with E-state index in [2.05, 4.69) is 9.97 Å². The fourth-order valence-corrected chi connectivity index (χ4v) is 1.15. The molecular weight excluding hydrogens is 162 g/mol. The fraction of sp³-hybridized carbons (Fsp3) is 0. The molecule has 0 spiro atoms. The van der Waals surface area contributed by atoms with Crippen molar-refractivity contribution in [3.8, 4) is 0 Å². The zero-order valence-corrected chi connectivity index (χ0v) is 6.30. The third-order valence-electron chi connectivity index (χ3n) is 1.46. The minimum Gasteiger partial charge on any atom is -0.428 e. The Bertz CT molecular complexity index is 444. The molecule has 0 atom stereocenters. The topological polar surface area (TPSA) is 53.8 Å². The van der Waals surface area contributed by atoms with Crippen molar-refractivity contribution in [3.05, 3.63) is 23.2 Å². The lowest BCUT2D eigenvalue weighted by atomic mass is 10.4. The van der Waals surface area contributed by atoms with Crippen LogP contribution in [0.1, 0.15) is 0 Å². The second-order valence-corrected chi connectivity index (χ2v) is 2.52. The Balaban J connectivity index is 3.05. The average Bonchev–Trinajstić information content (AvgIpc) is 2.45. The van der Waals surface area contributed by atoms with Crippen LogP contribution in [0.15, 0.2) is 18.6 Å². The summed E-state index contributed by atoms with van der Waals surface area (Å²) in [5.74, 6) is 0. The first-order valence-corrected chi connectivity index (χ1v) is 3.44. The number of nitrogens with one attached hydrogen (secondary N) is 1. The quantitative estimate of drug-likeness (QED) is 0.459. The molecular formula is C6H5N3OS. The molecule has 0 bridgehead atoms. The van der Waals surface area contributed by atoms with Crippen LogP contribution in [0.2, 0.25) is 0 Å². The van der Waals surface area contributed by atoms with E-state index in [0.29, 0.717) is 10.2 Å². The molecule has 0 radical (unpaired) electrons. The number of nitrogens with zero attached hydrogens (tertiary/aromatic N) is 2. The molecule has 2 heterocycles. The predicted octanol–water partition coefficient (Wildman–Crippen LogP) is 1.33. The molecule has 0 saturated carbocycles. The second-order valence-electron chi connectivity index (χ2n) is 2.13. The van der Waals surface area contributed by atoms with Gasteiger partial charge in [0.2, 0.25) is 0 Å². The predicted molar refractivity (Wildman–Crippen MR) is 42.1 cm³/mol. The van der Waals surface area contributed by atoms with Crippen molar-refractivity contribution in [1.82, 2.24) is 14.7 Å². The van der Waals surface area contributed by atoms with Crippen molar-refractivity contribution in [2.45, 2.75) is 0 Å². The van der Waals surface area contributed by atoms with Crippen molar-refractivity contribution in [3.63, 3.8) is 0 Å². The van der Waals surface area contributed by atoms with E-state index >= 15 is 0 Å². The molecule has 56 valence electrons. The first-order valence-electron chi connectivity index (χ1n) is 3.03. The van der Waals surface area contributed by atoms with Crippen molar-refractivity contribution in [2.75, 3.05) is 0 Å². The van der Waals surface area contributed by atoms with E-state index in [0.717, 1.165) is 10.2 Å². The van der Waals surface area contributed by atoms with Gasteiger partial charge >= 0.3 is 0 Å². The molecule has 0 aliphatic heterocycles. The Morgan fingerprint density at radius 3 is 3.27 bits per heavy atom. The lowest BCUT2D eigenvalue weighted by Gasteiger charge is -1.94. The largest absolute Gasteiger partial charge is 0.428 e. The summed E-state index contributed by atoms with van der Waals surface area (Å²) in [6.07, 6.45) is 3.02. The van der Waals surface area contributed by atoms with Gasteiger partial charge in [-0.25, -0.2) is 4.98 Å². The Morgan fingerprint density at radius 1 is 1.64 bits per heavy atom. The second kappa shape index (κ2) is 2.06. The Hall–Kier alpha value is -1.36. The summed E-state index contributed by atoms with van der Waals surface area (Å²) in [7, 11) is 0. The molecule has 0 aromatic carbocycles. The molecule has 0 amide bonds. The lowest BCUT2D eigenvalue weighted by molar-refractivity contribution is 0.182. The summed E-state index contributed by atoms with van der Waals surface area (Å²) in [5, 5.41) is 9.09. The summed E-state index contributed by atoms with van der Waals surface area (Å²) in [5.41, 5.74) is 1.45. The van der Waals surface area contributed by atoms with Gasteiger partial charge in [0.05, 0.1) is 11.8 Å². The maximum Gasteiger partial charge on any atom is 0.170 e. The molecule has 4 nitrogen and oxygen atoms in total. The minimum atomic E-state index is 0.323. The van der Waals surface area contributed by atoms with E-state index < -0.39 is 0 Å². The Morgan fingerprint density at radius 2 is 2.45 bits per heavy atom. The SMILES string of the molecule is On1ccc2[nH]cnc2c1=S. The zero-order chi connectivity index (χ0) is 7.84. The van der Waals surface area contributed by atoms with Crippen molar-refractivity contribution in [2.24, 2.45) is 0 Å². The highest BCUT2D eigenvalue weighted by atomic mass is 32.1. The summed E-state index contributed by atoms with van der Waals surface area (Å²) in [4.78, 5) is 6.82. The van der Waals surface area contributed by atoms with Crippen LogP contribution in [0, 0.1) is 4.64 Å². The van der Waals surface area contributed by atoms with Crippen LogP contribution in [-0.2, 0) is 0 Å². The van der Waals surface area contributed by atoms with Gasteiger partial charge in [-0.1, -0.05) is 12.2 Å². The maximum atomic E-state index is 9.09. The molecule has 2 N–H and O–H groups in total. The van der Waals surface area contributed by atoms with Crippen LogP contribution in [0.3, 0.4) is 0 Å². The monoisotopic (exact) mass is 167 g/mol. The van der Waals surface area contributed by atoms with Gasteiger partial charge in [0, 0.05) is 6.20 Å². The van der Waals surface area contributed by atoms with E-state index in [1.54, 1.807) is 12.4 Å². The van der Waals surface area contributed by atoms with Gasteiger partial charge in [0.25, 0.3) is 0 Å². The number of rotatable bonds is 0. The Kier molecular flexibility index (Phi) is 1.19. The molecule has 0 aliphatic rings. The van der Waals surface area contributed by atoms with Crippen LogP contribution in [0.4, 0.5) is 0 Å². The number of pyridine rings is 1. The molecule has 0 unspecified atom stereocenters. The van der Waals surface area contributed by atoms with Crippen LogP contribution in [0.5, 0.6) is 0 Å². The number of fused-ring (bicyclic) bond motifs is 1. The van der Waals surface area contributed by atoms with E-state index in [-0.39, 0.29) is 0 Å². The average molecular weight is 167 g/mol. The maximum absolute atomic E-state index is 9.09. The van der Waals surface area contributed by atoms with Gasteiger partial charge in [0.1, 0.15) is 5.52 Å². The summed E-state index contributed by atoms with van der Waals surface area (Å²) >= 11 is 4.88. The molecule has 2 rings (SSSR count). The molecule has 0 fully saturated rings. The number of H-pyrrole nitrogens is 1. The summed E-state index contributed by atoms with van der Waals surface area (Å²) in [6.45, 7) is 0. The van der Waals surface area contributed by atoms with Gasteiger partial charge in [0.15, 0.2) is 4.64 Å². The molecule has 11 heavy (non-hydrogen) atoms. The normalized spacial score (nSPS) is 10.5. The third kappa shape index (κ3) is 0.813. The number of hydrogen-bond acceptors (Lipinski definition) is 3. The highest BCUT2D eigenvalue weighted by Gasteiger charge is 1.98. The number of imidazole rings is 1. The van der Waals surface area contributed by atoms with E-state index in [9.17, 15) is 0 Å². The lowest BCUT2D eigenvalue weighted by Crippen LogP contribution is -1.92. The summed E-state index contributed by atoms with van der Waals surface area (Å²) in [6, 6.07) is 1.71. The minimum absolute atomic E-state index is 0.323. The van der Waals surface area contributed by atoms with Gasteiger partial charge in [-0.05, 0) is 6.07 Å². The smallest absolute Gasteiger partial charge is 0.170 e. The van der Waals surface area contributed by atoms with Gasteiger partial charge in [-0.2, -0.15) is 4.73 Å². The first kappa shape index (κ1) is 6.36. The molecule has 5 heteroatoms. The first-order chi connectivity index (χ1) is 5.29. The van der Waals surface area contributed by atoms with Crippen molar-refractivity contribution < 1.29 is 5.21 Å². The van der Waals surface area contributed by atoms with Crippen molar-refractivity contribution in [1.29, 1.82) is 0 Å². The molecule has 0 aliphatic carbocycles. The van der Waals surface area contributed by atoms with E-state index in [1.165, 1.54) is 6.20 Å². The highest BCUT2D eigenvalue weighted by Crippen LogP contribution is 2.08. The summed E-state index contributed by atoms with van der Waals surface area (Å²) < 4.78 is 1.20. The van der Waals surface area contributed by atoms with Gasteiger partial charge < -0.3 is 10.2 Å². The molecule has 2 aromatic rings. The van der Waals surface area contributed by atoms with Crippen LogP contribution >= 0.6 is 12.2 Å². The van der Waals surface area contributed by atoms with Crippen LogP contribution in [-0.4, -0.2) is 19.9 Å².